The van der Waals surface area contributed by atoms with Gasteiger partial charge in [-0.2, -0.15) is 0 Å². The van der Waals surface area contributed by atoms with Crippen molar-refractivity contribution >= 4 is 28.9 Å². The van der Waals surface area contributed by atoms with Crippen LogP contribution in [0.1, 0.15) is 30.4 Å². The predicted molar refractivity (Wildman–Crippen MR) is 105 cm³/mol. The van der Waals surface area contributed by atoms with Crippen LogP contribution in [0.4, 0.5) is 4.39 Å². The second-order valence-corrected chi connectivity index (χ2v) is 6.89. The minimum absolute atomic E-state index is 0.132. The zero-order valence-electron chi connectivity index (χ0n) is 15.6. The van der Waals surface area contributed by atoms with Crippen molar-refractivity contribution in [3.8, 4) is 5.75 Å². The van der Waals surface area contributed by atoms with Gasteiger partial charge >= 0.3 is 5.97 Å². The van der Waals surface area contributed by atoms with Crippen LogP contribution in [0.15, 0.2) is 48.5 Å². The van der Waals surface area contributed by atoms with Crippen molar-refractivity contribution in [1.82, 2.24) is 0 Å². The molecule has 146 valence electrons. The molecule has 0 fully saturated rings. The van der Waals surface area contributed by atoms with Crippen LogP contribution in [0.5, 0.6) is 5.75 Å². The van der Waals surface area contributed by atoms with Gasteiger partial charge in [0.1, 0.15) is 17.5 Å². The molecule has 0 saturated carbocycles. The molecule has 0 heterocycles. The molecule has 0 N–H and O–H groups in total. The lowest BCUT2D eigenvalue weighted by molar-refractivity contribution is -0.151. The van der Waals surface area contributed by atoms with Crippen LogP contribution in [0, 0.1) is 11.7 Å². The predicted octanol–water partition coefficient (Wildman–Crippen LogP) is 4.81. The van der Waals surface area contributed by atoms with Crippen LogP contribution in [-0.4, -0.2) is 25.5 Å². The first kappa shape index (κ1) is 20.1. The summed E-state index contributed by atoms with van der Waals surface area (Å²) in [4.78, 5) is 25.4. The number of ether oxygens (including phenoxy) is 2. The number of allylic oxidation sites excluding steroid dienone is 2. The SMILES string of the molecule is CCOC(=O)[C@H]1C(=O)C=C(c2cccc(OC)c2)C[C@@H]1c1c(F)cccc1Cl. The van der Waals surface area contributed by atoms with E-state index in [1.807, 2.05) is 12.1 Å². The van der Waals surface area contributed by atoms with Crippen LogP contribution in [0.3, 0.4) is 0 Å². The standard InChI is InChI=1S/C22H20ClFO4/c1-3-28-22(26)21-16(20-17(23)8-5-9-18(20)24)11-14(12-19(21)25)13-6-4-7-15(10-13)27-2/h4-10,12,16,21H,3,11H2,1-2H3/t16-,21-/m1/s1. The van der Waals surface area contributed by atoms with Crippen LogP contribution in [0.25, 0.3) is 5.57 Å². The summed E-state index contributed by atoms with van der Waals surface area (Å²) in [6, 6.07) is 11.6. The highest BCUT2D eigenvalue weighted by Gasteiger charge is 2.41. The molecule has 0 spiro atoms. The number of esters is 1. The van der Waals surface area contributed by atoms with E-state index in [1.54, 1.807) is 32.2 Å². The van der Waals surface area contributed by atoms with Crippen molar-refractivity contribution in [3.63, 3.8) is 0 Å². The Balaban J connectivity index is 2.10. The van der Waals surface area contributed by atoms with Crippen LogP contribution in [-0.2, 0) is 14.3 Å². The zero-order valence-corrected chi connectivity index (χ0v) is 16.3. The summed E-state index contributed by atoms with van der Waals surface area (Å²) < 4.78 is 25.0. The molecule has 0 saturated heterocycles. The van der Waals surface area contributed by atoms with Crippen molar-refractivity contribution in [2.45, 2.75) is 19.3 Å². The molecule has 0 radical (unpaired) electrons. The molecule has 0 aromatic heterocycles. The summed E-state index contributed by atoms with van der Waals surface area (Å²) in [6.07, 6.45) is 1.70. The highest BCUT2D eigenvalue weighted by Crippen LogP contribution is 2.43. The first-order valence-electron chi connectivity index (χ1n) is 8.95. The second-order valence-electron chi connectivity index (χ2n) is 6.48. The molecule has 0 bridgehead atoms. The minimum Gasteiger partial charge on any atom is -0.497 e. The summed E-state index contributed by atoms with van der Waals surface area (Å²) in [5, 5.41) is 0.180. The van der Waals surface area contributed by atoms with Gasteiger partial charge in [0, 0.05) is 16.5 Å². The Morgan fingerprint density at radius 2 is 2.00 bits per heavy atom. The number of benzene rings is 2. The van der Waals surface area contributed by atoms with Gasteiger partial charge in [-0.05, 0) is 54.8 Å². The Kier molecular flexibility index (Phi) is 6.15. The Morgan fingerprint density at radius 3 is 2.68 bits per heavy atom. The largest absolute Gasteiger partial charge is 0.497 e. The van der Waals surface area contributed by atoms with Crippen molar-refractivity contribution in [2.75, 3.05) is 13.7 Å². The third-order valence-electron chi connectivity index (χ3n) is 4.82. The first-order chi connectivity index (χ1) is 13.5. The van der Waals surface area contributed by atoms with Gasteiger partial charge < -0.3 is 9.47 Å². The van der Waals surface area contributed by atoms with E-state index in [0.29, 0.717) is 11.3 Å². The molecule has 28 heavy (non-hydrogen) atoms. The fourth-order valence-corrected chi connectivity index (χ4v) is 3.85. The zero-order chi connectivity index (χ0) is 20.3. The highest BCUT2D eigenvalue weighted by atomic mass is 35.5. The Hall–Kier alpha value is -2.66. The summed E-state index contributed by atoms with van der Waals surface area (Å²) in [7, 11) is 1.55. The molecule has 1 aliphatic carbocycles. The number of carbonyl (C=O) groups excluding carboxylic acids is 2. The fraction of sp³-hybridized carbons (Fsp3) is 0.273. The Labute approximate surface area is 167 Å². The fourth-order valence-electron chi connectivity index (χ4n) is 3.54. The molecule has 2 aromatic carbocycles. The molecule has 0 amide bonds. The first-order valence-corrected chi connectivity index (χ1v) is 9.33. The minimum atomic E-state index is -1.14. The van der Waals surface area contributed by atoms with Gasteiger partial charge in [-0.3, -0.25) is 9.59 Å². The summed E-state index contributed by atoms with van der Waals surface area (Å²) in [5.41, 5.74) is 1.62. The number of hydrogen-bond donors (Lipinski definition) is 0. The van der Waals surface area contributed by atoms with Gasteiger partial charge in [-0.1, -0.05) is 29.8 Å². The number of rotatable bonds is 5. The smallest absolute Gasteiger partial charge is 0.317 e. The summed E-state index contributed by atoms with van der Waals surface area (Å²) in [5.74, 6) is -2.90. The molecule has 0 aliphatic heterocycles. The third kappa shape index (κ3) is 3.94. The summed E-state index contributed by atoms with van der Waals surface area (Å²) in [6.45, 7) is 1.79. The topological polar surface area (TPSA) is 52.6 Å². The Morgan fingerprint density at radius 1 is 1.25 bits per heavy atom. The molecular formula is C22H20ClFO4. The van der Waals surface area contributed by atoms with Gasteiger partial charge in [0.2, 0.25) is 0 Å². The van der Waals surface area contributed by atoms with Gasteiger partial charge in [0.25, 0.3) is 0 Å². The van der Waals surface area contributed by atoms with Crippen LogP contribution in [0.2, 0.25) is 5.02 Å². The van der Waals surface area contributed by atoms with E-state index in [-0.39, 0.29) is 23.6 Å². The number of carbonyl (C=O) groups is 2. The highest BCUT2D eigenvalue weighted by molar-refractivity contribution is 6.31. The van der Waals surface area contributed by atoms with Crippen LogP contribution >= 0.6 is 11.6 Å². The molecule has 1 aliphatic rings. The molecule has 6 heteroatoms. The lowest BCUT2D eigenvalue weighted by Crippen LogP contribution is -2.34. The maximum absolute atomic E-state index is 14.6. The van der Waals surface area contributed by atoms with E-state index in [1.165, 1.54) is 18.2 Å². The normalized spacial score (nSPS) is 19.1. The summed E-state index contributed by atoms with van der Waals surface area (Å²) >= 11 is 6.26. The van der Waals surface area contributed by atoms with E-state index >= 15 is 0 Å². The molecule has 0 unspecified atom stereocenters. The molecular weight excluding hydrogens is 383 g/mol. The van der Waals surface area contributed by atoms with E-state index in [4.69, 9.17) is 21.1 Å². The van der Waals surface area contributed by atoms with Gasteiger partial charge in [-0.25, -0.2) is 4.39 Å². The van der Waals surface area contributed by atoms with Crippen molar-refractivity contribution in [2.24, 2.45) is 5.92 Å². The van der Waals surface area contributed by atoms with Gasteiger partial charge in [0.15, 0.2) is 5.78 Å². The molecule has 3 rings (SSSR count). The van der Waals surface area contributed by atoms with Gasteiger partial charge in [0.05, 0.1) is 13.7 Å². The maximum atomic E-state index is 14.6. The van der Waals surface area contributed by atoms with E-state index in [0.717, 1.165) is 5.56 Å². The number of hydrogen-bond acceptors (Lipinski definition) is 4. The molecule has 4 nitrogen and oxygen atoms in total. The monoisotopic (exact) mass is 402 g/mol. The van der Waals surface area contributed by atoms with E-state index < -0.39 is 29.4 Å². The molecule has 2 aromatic rings. The van der Waals surface area contributed by atoms with Crippen molar-refractivity contribution in [3.05, 3.63) is 70.5 Å². The third-order valence-corrected chi connectivity index (χ3v) is 5.15. The van der Waals surface area contributed by atoms with Crippen molar-refractivity contribution < 1.29 is 23.5 Å². The quantitative estimate of drug-likeness (QED) is 0.532. The lowest BCUT2D eigenvalue weighted by Gasteiger charge is -2.30. The maximum Gasteiger partial charge on any atom is 0.317 e. The average Bonchev–Trinajstić information content (AvgIpc) is 2.67. The average molecular weight is 403 g/mol. The van der Waals surface area contributed by atoms with E-state index in [2.05, 4.69) is 0 Å². The van der Waals surface area contributed by atoms with Crippen molar-refractivity contribution in [1.29, 1.82) is 0 Å². The number of ketones is 1. The van der Waals surface area contributed by atoms with Crippen LogP contribution < -0.4 is 4.74 Å². The Bertz CT molecular complexity index is 918. The number of methoxy groups -OCH3 is 1. The number of halogens is 2. The second kappa shape index (κ2) is 8.57. The lowest BCUT2D eigenvalue weighted by atomic mass is 9.73. The molecule has 2 atom stereocenters. The van der Waals surface area contributed by atoms with Gasteiger partial charge in [-0.15, -0.1) is 0 Å². The van der Waals surface area contributed by atoms with E-state index in [9.17, 15) is 14.0 Å².